The third kappa shape index (κ3) is 5.24. The number of rotatable bonds is 9. The number of fused-ring (bicyclic) bond motifs is 1. The van der Waals surface area contributed by atoms with E-state index in [1.165, 1.54) is 11.1 Å². The van der Waals surface area contributed by atoms with Gasteiger partial charge in [-0.3, -0.25) is 9.69 Å². The zero-order chi connectivity index (χ0) is 24.9. The number of nitrogens with zero attached hydrogens (tertiary/aromatic N) is 5. The van der Waals surface area contributed by atoms with Crippen molar-refractivity contribution < 1.29 is 4.74 Å². The number of likely N-dealkylation sites (tertiary alicyclic amines) is 1. The number of H-pyrrole nitrogens is 1. The second-order valence-corrected chi connectivity index (χ2v) is 9.65. The van der Waals surface area contributed by atoms with E-state index in [4.69, 9.17) is 4.74 Å². The molecule has 8 heteroatoms. The number of piperidine rings is 1. The Balaban J connectivity index is 1.48. The number of methoxy groups -OCH3 is 1. The number of aromatic nitrogens is 5. The molecule has 1 N–H and O–H groups in total. The van der Waals surface area contributed by atoms with Gasteiger partial charge in [0.05, 0.1) is 13.2 Å². The molecule has 8 nitrogen and oxygen atoms in total. The van der Waals surface area contributed by atoms with E-state index in [0.29, 0.717) is 30.5 Å². The number of aromatic amines is 1. The zero-order valence-corrected chi connectivity index (χ0v) is 21.1. The summed E-state index contributed by atoms with van der Waals surface area (Å²) in [5.74, 6) is 1.31. The maximum absolute atomic E-state index is 13.4. The van der Waals surface area contributed by atoms with E-state index in [1.807, 2.05) is 12.1 Å². The maximum Gasteiger partial charge on any atom is 0.253 e. The van der Waals surface area contributed by atoms with Crippen LogP contribution in [0.4, 0.5) is 0 Å². The summed E-state index contributed by atoms with van der Waals surface area (Å²) in [6.07, 6.45) is 4.16. The fraction of sp³-hybridized carbons (Fsp3) is 0.429. The number of hydrogen-bond acceptors (Lipinski definition) is 6. The molecule has 2 aromatic heterocycles. The lowest BCUT2D eigenvalue weighted by molar-refractivity contribution is 0.138. The summed E-state index contributed by atoms with van der Waals surface area (Å²) in [4.78, 5) is 18.9. The van der Waals surface area contributed by atoms with Gasteiger partial charge in [0.2, 0.25) is 0 Å². The van der Waals surface area contributed by atoms with Crippen molar-refractivity contribution >= 4 is 10.9 Å². The molecule has 1 fully saturated rings. The fourth-order valence-electron chi connectivity index (χ4n) is 5.30. The largest absolute Gasteiger partial charge is 0.383 e. The van der Waals surface area contributed by atoms with Crippen LogP contribution in [0.15, 0.2) is 59.4 Å². The summed E-state index contributed by atoms with van der Waals surface area (Å²) < 4.78 is 7.05. The second-order valence-electron chi connectivity index (χ2n) is 9.65. The molecule has 188 valence electrons. The Morgan fingerprint density at radius 3 is 2.64 bits per heavy atom. The Labute approximate surface area is 211 Å². The summed E-state index contributed by atoms with van der Waals surface area (Å²) in [6, 6.07) is 18.6. The molecular weight excluding hydrogens is 452 g/mol. The Bertz CT molecular complexity index is 1340. The Morgan fingerprint density at radius 1 is 1.08 bits per heavy atom. The fourth-order valence-corrected chi connectivity index (χ4v) is 5.30. The van der Waals surface area contributed by atoms with E-state index < -0.39 is 0 Å². The van der Waals surface area contributed by atoms with Crippen molar-refractivity contribution in [3.8, 4) is 0 Å². The summed E-state index contributed by atoms with van der Waals surface area (Å²) in [5, 5.41) is 13.6. The molecular formula is C28H34N6O2. The third-order valence-corrected chi connectivity index (χ3v) is 7.33. The van der Waals surface area contributed by atoms with Gasteiger partial charge in [-0.1, -0.05) is 43.3 Å². The normalized spacial score (nSPS) is 15.9. The lowest BCUT2D eigenvalue weighted by Crippen LogP contribution is -2.41. The van der Waals surface area contributed by atoms with Gasteiger partial charge in [0, 0.05) is 18.2 Å². The van der Waals surface area contributed by atoms with Gasteiger partial charge in [-0.2, -0.15) is 0 Å². The van der Waals surface area contributed by atoms with E-state index in [-0.39, 0.29) is 11.6 Å². The minimum Gasteiger partial charge on any atom is -0.383 e. The highest BCUT2D eigenvalue weighted by atomic mass is 16.5. The standard InChI is InChI=1S/C28H34N6O2/c1-3-20-9-10-25-23(18-20)19-24(28(35)29-25)26(27-30-31-32-34(27)15-16-36-2)33-13-11-22(12-14-33)17-21-7-5-4-6-8-21/h4-10,18-19,22,26H,3,11-17H2,1-2H3,(H,29,35). The predicted octanol–water partition coefficient (Wildman–Crippen LogP) is 3.77. The van der Waals surface area contributed by atoms with Crippen molar-refractivity contribution in [3.05, 3.63) is 87.5 Å². The van der Waals surface area contributed by atoms with Gasteiger partial charge in [-0.05, 0) is 89.8 Å². The molecule has 5 rings (SSSR count). The number of tetrazole rings is 1. The maximum atomic E-state index is 13.4. The lowest BCUT2D eigenvalue weighted by Gasteiger charge is -2.37. The van der Waals surface area contributed by atoms with Crippen molar-refractivity contribution in [2.75, 3.05) is 26.8 Å². The summed E-state index contributed by atoms with van der Waals surface area (Å²) in [5.41, 5.74) is 4.06. The first-order valence-electron chi connectivity index (χ1n) is 12.8. The Kier molecular flexibility index (Phi) is 7.53. The van der Waals surface area contributed by atoms with Gasteiger partial charge in [0.25, 0.3) is 5.56 Å². The molecule has 1 aliphatic heterocycles. The Morgan fingerprint density at radius 2 is 1.89 bits per heavy atom. The molecule has 0 bridgehead atoms. The number of hydrogen-bond donors (Lipinski definition) is 1. The summed E-state index contributed by atoms with van der Waals surface area (Å²) in [7, 11) is 1.67. The molecule has 1 atom stereocenters. The van der Waals surface area contributed by atoms with Crippen LogP contribution in [0.1, 0.15) is 48.3 Å². The highest BCUT2D eigenvalue weighted by Crippen LogP contribution is 2.32. The van der Waals surface area contributed by atoms with Gasteiger partial charge in [0.15, 0.2) is 5.82 Å². The van der Waals surface area contributed by atoms with Crippen molar-refractivity contribution in [2.45, 2.75) is 45.2 Å². The summed E-state index contributed by atoms with van der Waals surface area (Å²) in [6.45, 7) is 4.93. The first kappa shape index (κ1) is 24.3. The smallest absolute Gasteiger partial charge is 0.253 e. The van der Waals surface area contributed by atoms with Crippen molar-refractivity contribution in [1.29, 1.82) is 0 Å². The van der Waals surface area contributed by atoms with E-state index >= 15 is 0 Å². The highest BCUT2D eigenvalue weighted by Gasteiger charge is 2.33. The first-order chi connectivity index (χ1) is 17.7. The van der Waals surface area contributed by atoms with Crippen LogP contribution in [0, 0.1) is 5.92 Å². The van der Waals surface area contributed by atoms with Gasteiger partial charge in [-0.15, -0.1) is 5.10 Å². The molecule has 36 heavy (non-hydrogen) atoms. The Hall–Kier alpha value is -3.36. The summed E-state index contributed by atoms with van der Waals surface area (Å²) >= 11 is 0. The van der Waals surface area contributed by atoms with Crippen LogP contribution in [0.2, 0.25) is 0 Å². The number of nitrogens with one attached hydrogen (secondary N) is 1. The van der Waals surface area contributed by atoms with Crippen LogP contribution in [0.3, 0.4) is 0 Å². The molecule has 1 saturated heterocycles. The predicted molar refractivity (Wildman–Crippen MR) is 140 cm³/mol. The average Bonchev–Trinajstić information content (AvgIpc) is 3.37. The molecule has 0 amide bonds. The van der Waals surface area contributed by atoms with Crippen LogP contribution in [0.5, 0.6) is 0 Å². The van der Waals surface area contributed by atoms with E-state index in [2.05, 4.69) is 74.8 Å². The van der Waals surface area contributed by atoms with Gasteiger partial charge in [0.1, 0.15) is 6.04 Å². The molecule has 1 unspecified atom stereocenters. The van der Waals surface area contributed by atoms with Crippen LogP contribution in [0.25, 0.3) is 10.9 Å². The van der Waals surface area contributed by atoms with Crippen LogP contribution in [-0.4, -0.2) is 56.9 Å². The minimum atomic E-state index is -0.326. The molecule has 0 aliphatic carbocycles. The van der Waals surface area contributed by atoms with Gasteiger partial charge in [-0.25, -0.2) is 4.68 Å². The third-order valence-electron chi connectivity index (χ3n) is 7.33. The number of ether oxygens (including phenoxy) is 1. The zero-order valence-electron chi connectivity index (χ0n) is 21.1. The lowest BCUT2D eigenvalue weighted by atomic mass is 9.89. The molecule has 2 aromatic carbocycles. The topological polar surface area (TPSA) is 88.9 Å². The monoisotopic (exact) mass is 486 g/mol. The molecule has 4 aromatic rings. The highest BCUT2D eigenvalue weighted by molar-refractivity contribution is 5.80. The van der Waals surface area contributed by atoms with Crippen LogP contribution >= 0.6 is 0 Å². The average molecular weight is 487 g/mol. The van der Waals surface area contributed by atoms with Crippen LogP contribution in [-0.2, 0) is 24.1 Å². The number of benzene rings is 2. The van der Waals surface area contributed by atoms with Crippen molar-refractivity contribution in [1.82, 2.24) is 30.1 Å². The van der Waals surface area contributed by atoms with Gasteiger partial charge >= 0.3 is 0 Å². The molecule has 1 aliphatic rings. The quantitative estimate of drug-likeness (QED) is 0.387. The second kappa shape index (κ2) is 11.1. The van der Waals surface area contributed by atoms with Crippen LogP contribution < -0.4 is 5.56 Å². The molecule has 0 saturated carbocycles. The SMILES string of the molecule is CCc1ccc2[nH]c(=O)c(C(c3nnnn3CCOC)N3CCC(Cc4ccccc4)CC3)cc2c1. The first-order valence-corrected chi connectivity index (χ1v) is 12.8. The number of aryl methyl sites for hydroxylation is 1. The van der Waals surface area contributed by atoms with Crippen molar-refractivity contribution in [2.24, 2.45) is 5.92 Å². The van der Waals surface area contributed by atoms with E-state index in [9.17, 15) is 4.79 Å². The van der Waals surface area contributed by atoms with Crippen molar-refractivity contribution in [3.63, 3.8) is 0 Å². The number of pyridine rings is 1. The van der Waals surface area contributed by atoms with E-state index in [0.717, 1.165) is 49.7 Å². The molecule has 0 spiro atoms. The molecule has 3 heterocycles. The van der Waals surface area contributed by atoms with Gasteiger partial charge < -0.3 is 9.72 Å². The van der Waals surface area contributed by atoms with E-state index in [1.54, 1.807) is 11.8 Å². The molecule has 0 radical (unpaired) electrons. The minimum absolute atomic E-state index is 0.0931.